The van der Waals surface area contributed by atoms with Gasteiger partial charge >= 0.3 is 0 Å². The molecule has 0 saturated heterocycles. The molecular weight excluding hydrogens is 228 g/mol. The molecule has 1 rings (SSSR count). The van der Waals surface area contributed by atoms with Crippen molar-refractivity contribution in [2.75, 3.05) is 6.61 Å². The summed E-state index contributed by atoms with van der Waals surface area (Å²) < 4.78 is 5.71. The van der Waals surface area contributed by atoms with Gasteiger partial charge in [-0.3, -0.25) is 10.2 Å². The lowest BCUT2D eigenvalue weighted by Crippen LogP contribution is -2.44. The maximum atomic E-state index is 11.5. The smallest absolute Gasteiger partial charge is 0.242 e. The summed E-state index contributed by atoms with van der Waals surface area (Å²) in [5, 5.41) is 0. The molecule has 0 aliphatic rings. The number of carbonyl (C=O) groups is 1. The molecule has 0 bridgehead atoms. The Morgan fingerprint density at radius 1 is 1.50 bits per heavy atom. The van der Waals surface area contributed by atoms with Crippen molar-refractivity contribution in [3.63, 3.8) is 0 Å². The van der Waals surface area contributed by atoms with E-state index in [1.165, 1.54) is 0 Å². The second-order valence-corrected chi connectivity index (χ2v) is 4.75. The second-order valence-electron chi connectivity index (χ2n) is 4.75. The van der Waals surface area contributed by atoms with Crippen LogP contribution in [0.2, 0.25) is 0 Å². The molecule has 1 amide bonds. The van der Waals surface area contributed by atoms with Gasteiger partial charge in [0, 0.05) is 0 Å². The first-order valence-corrected chi connectivity index (χ1v) is 5.84. The molecule has 1 aromatic carbocycles. The zero-order valence-corrected chi connectivity index (χ0v) is 10.9. The van der Waals surface area contributed by atoms with E-state index in [1.807, 2.05) is 30.3 Å². The van der Waals surface area contributed by atoms with Crippen LogP contribution in [0.5, 0.6) is 5.75 Å². The van der Waals surface area contributed by atoms with Crippen molar-refractivity contribution >= 4 is 5.91 Å². The van der Waals surface area contributed by atoms with Crippen LogP contribution in [-0.2, 0) is 11.2 Å². The quantitative estimate of drug-likeness (QED) is 0.349. The molecular formula is C14H20N2O2. The van der Waals surface area contributed by atoms with Crippen LogP contribution < -0.4 is 16.0 Å². The molecule has 98 valence electrons. The third-order valence-electron chi connectivity index (χ3n) is 2.67. The van der Waals surface area contributed by atoms with Gasteiger partial charge in [-0.1, -0.05) is 24.3 Å². The standard InChI is InChI=1S/C14H20N2O2/c1-4-7-11-8-5-6-9-12(11)18-10-14(2,3)13(17)16-15/h4-6,8-9H,1,7,10,15H2,2-3H3,(H,16,17). The first-order chi connectivity index (χ1) is 8.51. The third kappa shape index (κ3) is 3.60. The van der Waals surface area contributed by atoms with Gasteiger partial charge in [-0.2, -0.15) is 0 Å². The van der Waals surface area contributed by atoms with Crippen molar-refractivity contribution in [2.24, 2.45) is 11.3 Å². The molecule has 0 heterocycles. The molecule has 0 aromatic heterocycles. The number of ether oxygens (including phenoxy) is 1. The summed E-state index contributed by atoms with van der Waals surface area (Å²) >= 11 is 0. The lowest BCUT2D eigenvalue weighted by molar-refractivity contribution is -0.130. The number of para-hydroxylation sites is 1. The SMILES string of the molecule is C=CCc1ccccc1OCC(C)(C)C(=O)NN. The van der Waals surface area contributed by atoms with Gasteiger partial charge in [-0.25, -0.2) is 5.84 Å². The van der Waals surface area contributed by atoms with E-state index < -0.39 is 5.41 Å². The van der Waals surface area contributed by atoms with Crippen LogP contribution in [-0.4, -0.2) is 12.5 Å². The molecule has 1 aromatic rings. The van der Waals surface area contributed by atoms with Gasteiger partial charge in [0.1, 0.15) is 12.4 Å². The van der Waals surface area contributed by atoms with Gasteiger partial charge in [0.15, 0.2) is 0 Å². The van der Waals surface area contributed by atoms with Crippen molar-refractivity contribution in [1.82, 2.24) is 5.43 Å². The first kappa shape index (κ1) is 14.3. The Morgan fingerprint density at radius 3 is 2.78 bits per heavy atom. The minimum Gasteiger partial charge on any atom is -0.492 e. The molecule has 0 unspecified atom stereocenters. The molecule has 0 aliphatic heterocycles. The monoisotopic (exact) mass is 248 g/mol. The minimum absolute atomic E-state index is 0.247. The lowest BCUT2D eigenvalue weighted by Gasteiger charge is -2.23. The average Bonchev–Trinajstić information content (AvgIpc) is 2.37. The highest BCUT2D eigenvalue weighted by molar-refractivity contribution is 5.81. The highest BCUT2D eigenvalue weighted by Crippen LogP contribution is 2.22. The van der Waals surface area contributed by atoms with Gasteiger partial charge in [0.05, 0.1) is 5.41 Å². The van der Waals surface area contributed by atoms with Crippen molar-refractivity contribution in [2.45, 2.75) is 20.3 Å². The highest BCUT2D eigenvalue weighted by Gasteiger charge is 2.28. The molecule has 18 heavy (non-hydrogen) atoms. The molecule has 3 N–H and O–H groups in total. The van der Waals surface area contributed by atoms with Gasteiger partial charge in [-0.15, -0.1) is 6.58 Å². The Labute approximate surface area is 108 Å². The Balaban J connectivity index is 2.74. The Hall–Kier alpha value is -1.81. The fraction of sp³-hybridized carbons (Fsp3) is 0.357. The van der Waals surface area contributed by atoms with Gasteiger partial charge in [0.2, 0.25) is 5.91 Å². The van der Waals surface area contributed by atoms with Gasteiger partial charge in [-0.05, 0) is 31.9 Å². The maximum absolute atomic E-state index is 11.5. The molecule has 0 aliphatic carbocycles. The Kier molecular flexibility index (Phi) is 4.92. The predicted molar refractivity (Wildman–Crippen MR) is 71.9 cm³/mol. The van der Waals surface area contributed by atoms with Crippen LogP contribution in [0.1, 0.15) is 19.4 Å². The number of hydrogen-bond donors (Lipinski definition) is 2. The van der Waals surface area contributed by atoms with Crippen LogP contribution >= 0.6 is 0 Å². The fourth-order valence-corrected chi connectivity index (χ4v) is 1.49. The van der Waals surface area contributed by atoms with Crippen LogP contribution in [0.4, 0.5) is 0 Å². The predicted octanol–water partition coefficient (Wildman–Crippen LogP) is 1.81. The summed E-state index contributed by atoms with van der Waals surface area (Å²) in [6.07, 6.45) is 2.56. The van der Waals surface area contributed by atoms with E-state index >= 15 is 0 Å². The Bertz CT molecular complexity index is 428. The van der Waals surface area contributed by atoms with Crippen molar-refractivity contribution in [3.8, 4) is 5.75 Å². The third-order valence-corrected chi connectivity index (χ3v) is 2.67. The average molecular weight is 248 g/mol. The lowest BCUT2D eigenvalue weighted by atomic mass is 9.94. The fourth-order valence-electron chi connectivity index (χ4n) is 1.49. The summed E-state index contributed by atoms with van der Waals surface area (Å²) in [6.45, 7) is 7.55. The zero-order valence-electron chi connectivity index (χ0n) is 10.9. The van der Waals surface area contributed by atoms with E-state index in [1.54, 1.807) is 13.8 Å². The number of hydrazine groups is 1. The van der Waals surface area contributed by atoms with Gasteiger partial charge in [0.25, 0.3) is 0 Å². The zero-order chi connectivity index (χ0) is 13.6. The number of carbonyl (C=O) groups excluding carboxylic acids is 1. The molecule has 0 spiro atoms. The van der Waals surface area contributed by atoms with E-state index in [4.69, 9.17) is 10.6 Å². The number of hydrogen-bond acceptors (Lipinski definition) is 3. The van der Waals surface area contributed by atoms with Crippen molar-refractivity contribution in [1.29, 1.82) is 0 Å². The van der Waals surface area contributed by atoms with Crippen LogP contribution in [0.25, 0.3) is 0 Å². The normalized spacial score (nSPS) is 10.8. The molecule has 0 radical (unpaired) electrons. The minimum atomic E-state index is -0.671. The van der Waals surface area contributed by atoms with E-state index in [0.29, 0.717) is 0 Å². The first-order valence-electron chi connectivity index (χ1n) is 5.84. The van der Waals surface area contributed by atoms with E-state index in [9.17, 15) is 4.79 Å². The number of benzene rings is 1. The maximum Gasteiger partial charge on any atom is 0.242 e. The van der Waals surface area contributed by atoms with E-state index in [0.717, 1.165) is 17.7 Å². The number of rotatable bonds is 6. The molecule has 4 nitrogen and oxygen atoms in total. The largest absolute Gasteiger partial charge is 0.492 e. The summed E-state index contributed by atoms with van der Waals surface area (Å²) in [6, 6.07) is 7.71. The number of amides is 1. The molecule has 0 fully saturated rings. The van der Waals surface area contributed by atoms with Crippen molar-refractivity contribution < 1.29 is 9.53 Å². The second kappa shape index (κ2) is 6.21. The van der Waals surface area contributed by atoms with Gasteiger partial charge < -0.3 is 4.74 Å². The molecule has 4 heteroatoms. The Morgan fingerprint density at radius 2 is 2.17 bits per heavy atom. The van der Waals surface area contributed by atoms with Crippen molar-refractivity contribution in [3.05, 3.63) is 42.5 Å². The summed E-state index contributed by atoms with van der Waals surface area (Å²) in [5.74, 6) is 5.66. The van der Waals surface area contributed by atoms with E-state index in [-0.39, 0.29) is 12.5 Å². The topological polar surface area (TPSA) is 64.3 Å². The highest BCUT2D eigenvalue weighted by atomic mass is 16.5. The number of allylic oxidation sites excluding steroid dienone is 1. The van der Waals surface area contributed by atoms with Crippen LogP contribution in [0.3, 0.4) is 0 Å². The van der Waals surface area contributed by atoms with Crippen LogP contribution in [0, 0.1) is 5.41 Å². The van der Waals surface area contributed by atoms with Crippen LogP contribution in [0.15, 0.2) is 36.9 Å². The number of nitrogens with one attached hydrogen (secondary N) is 1. The summed E-state index contributed by atoms with van der Waals surface area (Å²) in [5.41, 5.74) is 2.53. The number of nitrogens with two attached hydrogens (primary N) is 1. The summed E-state index contributed by atoms with van der Waals surface area (Å²) in [4.78, 5) is 11.5. The van der Waals surface area contributed by atoms with E-state index in [2.05, 4.69) is 12.0 Å². The summed E-state index contributed by atoms with van der Waals surface area (Å²) in [7, 11) is 0. The molecule has 0 atom stereocenters. The molecule has 0 saturated carbocycles.